The van der Waals surface area contributed by atoms with Crippen LogP contribution in [-0.2, 0) is 6.61 Å². The Morgan fingerprint density at radius 1 is 1.47 bits per heavy atom. The molecule has 1 aromatic carbocycles. The monoisotopic (exact) mass is 340 g/mol. The Balaban J connectivity index is 2.14. The van der Waals surface area contributed by atoms with E-state index in [4.69, 9.17) is 4.74 Å². The Kier molecular flexibility index (Phi) is 5.36. The van der Waals surface area contributed by atoms with Gasteiger partial charge in [-0.3, -0.25) is 0 Å². The first-order chi connectivity index (χ1) is 9.20. The predicted octanol–water partition coefficient (Wildman–Crippen LogP) is 4.16. The molecule has 0 amide bonds. The zero-order valence-electron chi connectivity index (χ0n) is 11.0. The van der Waals surface area contributed by atoms with Crippen molar-refractivity contribution in [2.24, 2.45) is 0 Å². The number of thiazole rings is 1. The van der Waals surface area contributed by atoms with E-state index in [0.717, 1.165) is 21.8 Å². The maximum absolute atomic E-state index is 5.91. The van der Waals surface area contributed by atoms with E-state index in [1.165, 1.54) is 5.56 Å². The second kappa shape index (κ2) is 7.03. The number of hydrogen-bond acceptors (Lipinski definition) is 4. The second-order valence-corrected chi connectivity index (χ2v) is 6.07. The van der Waals surface area contributed by atoms with Crippen LogP contribution < -0.4 is 10.1 Å². The van der Waals surface area contributed by atoms with Gasteiger partial charge in [0, 0.05) is 27.7 Å². The van der Waals surface area contributed by atoms with Gasteiger partial charge in [0.2, 0.25) is 0 Å². The molecular formula is C14H17BrN2OS. The first kappa shape index (κ1) is 14.5. The highest BCUT2D eigenvalue weighted by molar-refractivity contribution is 9.10. The Morgan fingerprint density at radius 3 is 3.00 bits per heavy atom. The number of nitrogens with one attached hydrogen (secondary N) is 1. The smallest absolute Gasteiger partial charge is 0.140 e. The van der Waals surface area contributed by atoms with Gasteiger partial charge in [-0.25, -0.2) is 4.98 Å². The fourth-order valence-electron chi connectivity index (χ4n) is 1.87. The molecule has 5 heteroatoms. The topological polar surface area (TPSA) is 34.1 Å². The Hall–Kier alpha value is -0.910. The van der Waals surface area contributed by atoms with E-state index < -0.39 is 0 Å². The second-order valence-electron chi connectivity index (χ2n) is 4.18. The van der Waals surface area contributed by atoms with Crippen molar-refractivity contribution in [1.29, 1.82) is 0 Å². The molecule has 2 rings (SSSR count). The van der Waals surface area contributed by atoms with Crippen LogP contribution in [0.2, 0.25) is 0 Å². The summed E-state index contributed by atoms with van der Waals surface area (Å²) in [5, 5.41) is 6.35. The third-order valence-corrected chi connectivity index (χ3v) is 4.03. The van der Waals surface area contributed by atoms with Crippen molar-refractivity contribution in [3.63, 3.8) is 0 Å². The van der Waals surface area contributed by atoms with Gasteiger partial charge < -0.3 is 10.1 Å². The summed E-state index contributed by atoms with van der Waals surface area (Å²) in [5.74, 6) is 0.901. The van der Waals surface area contributed by atoms with Crippen LogP contribution >= 0.6 is 27.3 Å². The van der Waals surface area contributed by atoms with E-state index in [1.54, 1.807) is 17.5 Å². The highest BCUT2D eigenvalue weighted by Gasteiger charge is 2.12. The minimum Gasteiger partial charge on any atom is -0.486 e. The van der Waals surface area contributed by atoms with Crippen LogP contribution in [0.25, 0.3) is 0 Å². The molecule has 0 bridgehead atoms. The minimum atomic E-state index is 0.268. The molecule has 3 nitrogen and oxygen atoms in total. The van der Waals surface area contributed by atoms with Crippen molar-refractivity contribution in [1.82, 2.24) is 10.3 Å². The standard InChI is InChI=1S/C14H17BrN2OS/c1-3-16-10(2)12-5-4-11(15)8-13(12)18-9-14-17-6-7-19-14/h4-8,10,16H,3,9H2,1-2H3. The molecule has 1 unspecified atom stereocenters. The SMILES string of the molecule is CCNC(C)c1ccc(Br)cc1OCc1nccs1. The molecule has 0 saturated carbocycles. The van der Waals surface area contributed by atoms with Gasteiger partial charge in [-0.15, -0.1) is 11.3 Å². The summed E-state index contributed by atoms with van der Waals surface area (Å²) >= 11 is 5.10. The van der Waals surface area contributed by atoms with Gasteiger partial charge in [-0.1, -0.05) is 28.9 Å². The minimum absolute atomic E-state index is 0.268. The van der Waals surface area contributed by atoms with Gasteiger partial charge in [-0.05, 0) is 25.6 Å². The van der Waals surface area contributed by atoms with E-state index >= 15 is 0 Å². The average Bonchev–Trinajstić information content (AvgIpc) is 2.89. The summed E-state index contributed by atoms with van der Waals surface area (Å²) in [4.78, 5) is 4.23. The molecule has 0 aliphatic carbocycles. The van der Waals surface area contributed by atoms with Crippen molar-refractivity contribution in [2.75, 3.05) is 6.54 Å². The first-order valence-electron chi connectivity index (χ1n) is 6.24. The number of aromatic nitrogens is 1. The zero-order chi connectivity index (χ0) is 13.7. The lowest BCUT2D eigenvalue weighted by atomic mass is 10.1. The van der Waals surface area contributed by atoms with Crippen LogP contribution in [0.1, 0.15) is 30.5 Å². The molecule has 102 valence electrons. The molecule has 19 heavy (non-hydrogen) atoms. The van der Waals surface area contributed by atoms with Gasteiger partial charge in [0.25, 0.3) is 0 Å². The van der Waals surface area contributed by atoms with Crippen molar-refractivity contribution < 1.29 is 4.74 Å². The highest BCUT2D eigenvalue weighted by Crippen LogP contribution is 2.29. The number of benzene rings is 1. The number of rotatable bonds is 6. The summed E-state index contributed by atoms with van der Waals surface area (Å²) in [6.07, 6.45) is 1.80. The lowest BCUT2D eigenvalue weighted by Gasteiger charge is -2.17. The molecule has 1 atom stereocenters. The number of nitrogens with zero attached hydrogens (tertiary/aromatic N) is 1. The van der Waals surface area contributed by atoms with Crippen molar-refractivity contribution in [2.45, 2.75) is 26.5 Å². The number of halogens is 1. The molecule has 0 spiro atoms. The van der Waals surface area contributed by atoms with Crippen LogP contribution in [0.4, 0.5) is 0 Å². The van der Waals surface area contributed by atoms with Crippen LogP contribution in [0, 0.1) is 0 Å². The molecule has 1 aromatic heterocycles. The largest absolute Gasteiger partial charge is 0.486 e. The summed E-state index contributed by atoms with van der Waals surface area (Å²) < 4.78 is 6.93. The van der Waals surface area contributed by atoms with Crippen LogP contribution in [0.3, 0.4) is 0 Å². The Morgan fingerprint density at radius 2 is 2.32 bits per heavy atom. The summed E-state index contributed by atoms with van der Waals surface area (Å²) in [5.41, 5.74) is 1.17. The van der Waals surface area contributed by atoms with Crippen molar-refractivity contribution >= 4 is 27.3 Å². The normalized spacial score (nSPS) is 12.4. The van der Waals surface area contributed by atoms with E-state index in [-0.39, 0.29) is 6.04 Å². The predicted molar refractivity (Wildman–Crippen MR) is 82.7 cm³/mol. The summed E-state index contributed by atoms with van der Waals surface area (Å²) in [7, 11) is 0. The van der Waals surface area contributed by atoms with Crippen LogP contribution in [-0.4, -0.2) is 11.5 Å². The molecule has 1 heterocycles. The number of hydrogen-bond donors (Lipinski definition) is 1. The van der Waals surface area contributed by atoms with E-state index in [2.05, 4.69) is 46.1 Å². The van der Waals surface area contributed by atoms with Gasteiger partial charge >= 0.3 is 0 Å². The lowest BCUT2D eigenvalue weighted by Crippen LogP contribution is -2.18. The maximum atomic E-state index is 5.91. The molecule has 0 saturated heterocycles. The first-order valence-corrected chi connectivity index (χ1v) is 7.92. The van der Waals surface area contributed by atoms with Gasteiger partial charge in [0.1, 0.15) is 17.4 Å². The van der Waals surface area contributed by atoms with Gasteiger partial charge in [-0.2, -0.15) is 0 Å². The van der Waals surface area contributed by atoms with Gasteiger partial charge in [0.05, 0.1) is 0 Å². The fourth-order valence-corrected chi connectivity index (χ4v) is 2.74. The zero-order valence-corrected chi connectivity index (χ0v) is 13.4. The fraction of sp³-hybridized carbons (Fsp3) is 0.357. The number of ether oxygens (including phenoxy) is 1. The Labute approximate surface area is 126 Å². The molecule has 0 aliphatic heterocycles. The van der Waals surface area contributed by atoms with Crippen molar-refractivity contribution in [3.8, 4) is 5.75 Å². The van der Waals surface area contributed by atoms with Gasteiger partial charge in [0.15, 0.2) is 0 Å². The molecule has 2 aromatic rings. The lowest BCUT2D eigenvalue weighted by molar-refractivity contribution is 0.299. The molecule has 0 fully saturated rings. The quantitative estimate of drug-likeness (QED) is 0.857. The van der Waals surface area contributed by atoms with Crippen molar-refractivity contribution in [3.05, 3.63) is 44.8 Å². The molecule has 0 radical (unpaired) electrons. The average molecular weight is 341 g/mol. The maximum Gasteiger partial charge on any atom is 0.140 e. The Bertz CT molecular complexity index is 516. The molecular weight excluding hydrogens is 324 g/mol. The third-order valence-electron chi connectivity index (χ3n) is 2.79. The third kappa shape index (κ3) is 4.03. The summed E-state index contributed by atoms with van der Waals surface area (Å²) in [6, 6.07) is 6.41. The van der Waals surface area contributed by atoms with Crippen LogP contribution in [0.15, 0.2) is 34.2 Å². The summed E-state index contributed by atoms with van der Waals surface area (Å²) in [6.45, 7) is 5.69. The molecule has 0 aliphatic rings. The van der Waals surface area contributed by atoms with Crippen LogP contribution in [0.5, 0.6) is 5.75 Å². The molecule has 1 N–H and O–H groups in total. The van der Waals surface area contributed by atoms with E-state index in [1.807, 2.05) is 17.5 Å². The van der Waals surface area contributed by atoms with E-state index in [9.17, 15) is 0 Å². The van der Waals surface area contributed by atoms with E-state index in [0.29, 0.717) is 6.61 Å². The highest BCUT2D eigenvalue weighted by atomic mass is 79.9.